The molecule has 29 heavy (non-hydrogen) atoms. The monoisotopic (exact) mass is 392 g/mol. The van der Waals surface area contributed by atoms with E-state index in [-0.39, 0.29) is 12.5 Å². The van der Waals surface area contributed by atoms with Crippen molar-refractivity contribution >= 4 is 16.8 Å². The first-order valence-corrected chi connectivity index (χ1v) is 10.2. The number of H-pyrrole nitrogens is 1. The second-order valence-electron chi connectivity index (χ2n) is 7.81. The average Bonchev–Trinajstić information content (AvgIpc) is 3.08. The number of likely N-dealkylation sites (tertiary alicyclic amines) is 1. The summed E-state index contributed by atoms with van der Waals surface area (Å²) in [6.07, 6.45) is 1.93. The summed E-state index contributed by atoms with van der Waals surface area (Å²) in [6, 6.07) is 14.0. The van der Waals surface area contributed by atoms with E-state index in [0.717, 1.165) is 25.9 Å². The van der Waals surface area contributed by atoms with Crippen LogP contribution in [0.15, 0.2) is 42.5 Å². The van der Waals surface area contributed by atoms with Gasteiger partial charge in [-0.05, 0) is 56.5 Å². The Labute approximate surface area is 171 Å². The molecule has 1 fully saturated rings. The molecule has 1 N–H and O–H groups in total. The van der Waals surface area contributed by atoms with Crippen molar-refractivity contribution in [2.75, 3.05) is 26.8 Å². The fourth-order valence-electron chi connectivity index (χ4n) is 4.26. The van der Waals surface area contributed by atoms with Gasteiger partial charge in [-0.15, -0.1) is 0 Å². The van der Waals surface area contributed by atoms with Crippen molar-refractivity contribution in [2.45, 2.75) is 32.6 Å². The minimum atomic E-state index is 0.0262. The molecule has 0 atom stereocenters. The number of nitrogens with zero attached hydrogens (tertiary/aromatic N) is 1. The summed E-state index contributed by atoms with van der Waals surface area (Å²) in [6.45, 7) is 5.88. The van der Waals surface area contributed by atoms with Crippen LogP contribution in [0.1, 0.15) is 35.6 Å². The lowest BCUT2D eigenvalue weighted by molar-refractivity contribution is -0.134. The van der Waals surface area contributed by atoms with E-state index in [4.69, 9.17) is 9.47 Å². The Bertz CT molecular complexity index is 1020. The highest BCUT2D eigenvalue weighted by molar-refractivity contribution is 5.85. The van der Waals surface area contributed by atoms with Crippen LogP contribution < -0.4 is 9.47 Å². The third-order valence-electron chi connectivity index (χ3n) is 5.93. The molecule has 5 heteroatoms. The van der Waals surface area contributed by atoms with Crippen LogP contribution >= 0.6 is 0 Å². The van der Waals surface area contributed by atoms with Gasteiger partial charge in [0, 0.05) is 35.6 Å². The number of aryl methyl sites for hydroxylation is 2. The minimum Gasteiger partial charge on any atom is -0.493 e. The maximum absolute atomic E-state index is 12.6. The number of hydrogen-bond donors (Lipinski definition) is 1. The number of benzene rings is 2. The molecule has 4 rings (SSSR count). The van der Waals surface area contributed by atoms with Crippen molar-refractivity contribution in [3.8, 4) is 11.5 Å². The van der Waals surface area contributed by atoms with Crippen molar-refractivity contribution in [1.29, 1.82) is 0 Å². The minimum absolute atomic E-state index is 0.0262. The molecule has 5 nitrogen and oxygen atoms in total. The summed E-state index contributed by atoms with van der Waals surface area (Å²) < 4.78 is 11.0. The number of carbonyl (C=O) groups excluding carboxylic acids is 1. The molecular formula is C24H28N2O3. The topological polar surface area (TPSA) is 54.6 Å². The smallest absolute Gasteiger partial charge is 0.260 e. The van der Waals surface area contributed by atoms with Crippen molar-refractivity contribution in [3.63, 3.8) is 0 Å². The standard InChI is InChI=1S/C24H28N2O3/c1-16-8-9-20-19(14-16)17(2)24(25-20)18-10-12-26(13-11-18)23(27)15-29-22-7-5-4-6-21(22)28-3/h4-9,14,18,25H,10-13,15H2,1-3H3. The molecule has 0 radical (unpaired) electrons. The van der Waals surface area contributed by atoms with Gasteiger partial charge in [0.25, 0.3) is 5.91 Å². The number of rotatable bonds is 5. The van der Waals surface area contributed by atoms with Gasteiger partial charge in [0.1, 0.15) is 0 Å². The molecule has 1 amide bonds. The fraction of sp³-hybridized carbons (Fsp3) is 0.375. The SMILES string of the molecule is COc1ccccc1OCC(=O)N1CCC(c2[nH]c3ccc(C)cc3c2C)CC1. The molecule has 0 unspecified atom stereocenters. The van der Waals surface area contributed by atoms with Gasteiger partial charge in [0.05, 0.1) is 7.11 Å². The van der Waals surface area contributed by atoms with E-state index >= 15 is 0 Å². The largest absolute Gasteiger partial charge is 0.493 e. The summed E-state index contributed by atoms with van der Waals surface area (Å²) in [7, 11) is 1.60. The third kappa shape index (κ3) is 3.95. The van der Waals surface area contributed by atoms with E-state index in [2.05, 4.69) is 37.0 Å². The highest BCUT2D eigenvalue weighted by atomic mass is 16.5. The van der Waals surface area contributed by atoms with Crippen LogP contribution in [-0.4, -0.2) is 42.6 Å². The molecule has 2 heterocycles. The Morgan fingerprint density at radius 3 is 2.55 bits per heavy atom. The number of carbonyl (C=O) groups is 1. The molecular weight excluding hydrogens is 364 g/mol. The predicted octanol–water partition coefficient (Wildman–Crippen LogP) is 4.58. The number of fused-ring (bicyclic) bond motifs is 1. The molecule has 1 aliphatic heterocycles. The average molecular weight is 392 g/mol. The highest BCUT2D eigenvalue weighted by Crippen LogP contribution is 2.34. The number of hydrogen-bond acceptors (Lipinski definition) is 3. The molecule has 0 spiro atoms. The van der Waals surface area contributed by atoms with Crippen molar-refractivity contribution < 1.29 is 14.3 Å². The lowest BCUT2D eigenvalue weighted by Crippen LogP contribution is -2.40. The maximum Gasteiger partial charge on any atom is 0.260 e. The van der Waals surface area contributed by atoms with Crippen LogP contribution in [0.2, 0.25) is 0 Å². The Morgan fingerprint density at radius 1 is 1.10 bits per heavy atom. The van der Waals surface area contributed by atoms with E-state index in [1.807, 2.05) is 29.2 Å². The summed E-state index contributed by atoms with van der Waals surface area (Å²) >= 11 is 0. The second kappa shape index (κ2) is 8.19. The van der Waals surface area contributed by atoms with E-state index in [9.17, 15) is 4.79 Å². The molecule has 1 aliphatic rings. The van der Waals surface area contributed by atoms with Gasteiger partial charge in [-0.3, -0.25) is 4.79 Å². The Balaban J connectivity index is 1.37. The van der Waals surface area contributed by atoms with E-state index in [1.165, 1.54) is 27.7 Å². The first-order valence-electron chi connectivity index (χ1n) is 10.2. The zero-order valence-corrected chi connectivity index (χ0v) is 17.3. The number of methoxy groups -OCH3 is 1. The molecule has 1 aromatic heterocycles. The Morgan fingerprint density at radius 2 is 1.83 bits per heavy atom. The second-order valence-corrected chi connectivity index (χ2v) is 7.81. The van der Waals surface area contributed by atoms with Crippen LogP contribution in [0, 0.1) is 13.8 Å². The number of ether oxygens (including phenoxy) is 2. The van der Waals surface area contributed by atoms with Gasteiger partial charge >= 0.3 is 0 Å². The zero-order valence-electron chi connectivity index (χ0n) is 17.3. The van der Waals surface area contributed by atoms with Gasteiger partial charge in [-0.1, -0.05) is 23.8 Å². The first kappa shape index (κ1) is 19.4. The highest BCUT2D eigenvalue weighted by Gasteiger charge is 2.26. The number of nitrogens with one attached hydrogen (secondary N) is 1. The number of piperidine rings is 1. The third-order valence-corrected chi connectivity index (χ3v) is 5.93. The van der Waals surface area contributed by atoms with Crippen molar-refractivity contribution in [3.05, 3.63) is 59.3 Å². The van der Waals surface area contributed by atoms with E-state index < -0.39 is 0 Å². The van der Waals surface area contributed by atoms with Crippen LogP contribution in [0.4, 0.5) is 0 Å². The molecule has 0 saturated carbocycles. The van der Waals surface area contributed by atoms with Gasteiger partial charge in [0.2, 0.25) is 0 Å². The van der Waals surface area contributed by atoms with Gasteiger partial charge in [0.15, 0.2) is 18.1 Å². The van der Waals surface area contributed by atoms with Crippen molar-refractivity contribution in [1.82, 2.24) is 9.88 Å². The van der Waals surface area contributed by atoms with Gasteiger partial charge in [-0.25, -0.2) is 0 Å². The van der Waals surface area contributed by atoms with Gasteiger partial charge in [-0.2, -0.15) is 0 Å². The number of amides is 1. The molecule has 1 saturated heterocycles. The zero-order chi connectivity index (χ0) is 20.4. The summed E-state index contributed by atoms with van der Waals surface area (Å²) in [5.74, 6) is 1.73. The van der Waals surface area contributed by atoms with Gasteiger partial charge < -0.3 is 19.4 Å². The van der Waals surface area contributed by atoms with Crippen LogP contribution in [0.25, 0.3) is 10.9 Å². The molecule has 152 valence electrons. The number of aromatic amines is 1. The normalized spacial score (nSPS) is 14.9. The summed E-state index contributed by atoms with van der Waals surface area (Å²) in [5.41, 5.74) is 5.14. The summed E-state index contributed by atoms with van der Waals surface area (Å²) in [4.78, 5) is 18.1. The van der Waals surface area contributed by atoms with Crippen LogP contribution in [0.5, 0.6) is 11.5 Å². The number of para-hydroxylation sites is 2. The van der Waals surface area contributed by atoms with Crippen LogP contribution in [0.3, 0.4) is 0 Å². The maximum atomic E-state index is 12.6. The molecule has 0 bridgehead atoms. The summed E-state index contributed by atoms with van der Waals surface area (Å²) in [5, 5.41) is 1.31. The fourth-order valence-corrected chi connectivity index (χ4v) is 4.26. The van der Waals surface area contributed by atoms with E-state index in [1.54, 1.807) is 7.11 Å². The molecule has 2 aromatic carbocycles. The number of aromatic nitrogens is 1. The first-order chi connectivity index (χ1) is 14.1. The lowest BCUT2D eigenvalue weighted by atomic mass is 9.91. The lowest BCUT2D eigenvalue weighted by Gasteiger charge is -2.32. The van der Waals surface area contributed by atoms with Crippen molar-refractivity contribution in [2.24, 2.45) is 0 Å². The van der Waals surface area contributed by atoms with Crippen LogP contribution in [-0.2, 0) is 4.79 Å². The Hall–Kier alpha value is -2.95. The van der Waals surface area contributed by atoms with E-state index in [0.29, 0.717) is 17.4 Å². The predicted molar refractivity (Wildman–Crippen MR) is 115 cm³/mol. The Kier molecular flexibility index (Phi) is 5.47. The quantitative estimate of drug-likeness (QED) is 0.692. The molecule has 3 aromatic rings. The molecule has 0 aliphatic carbocycles.